The summed E-state index contributed by atoms with van der Waals surface area (Å²) < 4.78 is 38.3. The Hall–Kier alpha value is -2.84. The molecular weight excluding hydrogens is 649 g/mol. The number of rotatable bonds is 10. The zero-order valence-corrected chi connectivity index (χ0v) is 32.8. The molecule has 1 saturated heterocycles. The monoisotopic (exact) mass is 708 g/mol. The van der Waals surface area contributed by atoms with Gasteiger partial charge < -0.3 is 35.2 Å². The molecule has 1 fully saturated rings. The maximum absolute atomic E-state index is 13.2. The molecule has 2 heterocycles. The normalized spacial score (nSPS) is 24.0. The van der Waals surface area contributed by atoms with Crippen molar-refractivity contribution in [1.82, 2.24) is 20.9 Å². The first kappa shape index (κ1) is 39.6. The molecule has 0 aliphatic carbocycles. The predicted octanol–water partition coefficient (Wildman–Crippen LogP) is 4.43. The Morgan fingerprint density at radius 2 is 1.71 bits per heavy atom. The van der Waals surface area contributed by atoms with Crippen LogP contribution >= 0.6 is 0 Å². The van der Waals surface area contributed by atoms with Gasteiger partial charge in [0.05, 0.1) is 10.6 Å². The number of amides is 2. The number of para-hydroxylation sites is 1. The number of fused-ring (bicyclic) bond motifs is 1. The highest BCUT2D eigenvalue weighted by Crippen LogP contribution is 2.39. The number of carbonyl (C=O) groups is 2. The van der Waals surface area contributed by atoms with Crippen LogP contribution in [0.4, 0.5) is 10.5 Å². The van der Waals surface area contributed by atoms with Gasteiger partial charge >= 0.3 is 6.09 Å². The molecule has 0 spiro atoms. The standard InChI is InChI=1S/C34H60N6O6SSi/c1-12-29(41)36-26-19-27(21-39(20-26)33(42)46-34(4,5)6)37-32(35-7)38-31-24(3)23(2)18-25-14-13-15-28(47(8,43)44)30(25)40(31)22-45-16-17-48(9,10)11/h13-15,23-24,26-27,31H,12,16-22H2,1-11H3,(H,36,41)(H2,35,37,38)/t23?,24-,26?,27?,31-/m1/s1. The average molecular weight is 709 g/mol. The van der Waals surface area contributed by atoms with Gasteiger partial charge in [-0.1, -0.05) is 52.5 Å². The molecule has 1 aromatic carbocycles. The van der Waals surface area contributed by atoms with E-state index in [4.69, 9.17) is 9.47 Å². The maximum Gasteiger partial charge on any atom is 0.410 e. The fourth-order valence-corrected chi connectivity index (χ4v) is 7.82. The Bertz CT molecular complexity index is 1410. The molecule has 0 bridgehead atoms. The Morgan fingerprint density at radius 1 is 1.06 bits per heavy atom. The van der Waals surface area contributed by atoms with Crippen molar-refractivity contribution in [3.8, 4) is 0 Å². The molecule has 2 amide bonds. The van der Waals surface area contributed by atoms with Crippen LogP contribution < -0.4 is 20.9 Å². The number of ether oxygens (including phenoxy) is 2. The van der Waals surface area contributed by atoms with E-state index in [0.717, 1.165) is 11.6 Å². The number of hydrogen-bond donors (Lipinski definition) is 3. The molecule has 3 rings (SSSR count). The molecule has 0 aromatic heterocycles. The van der Waals surface area contributed by atoms with Crippen molar-refractivity contribution in [2.24, 2.45) is 16.8 Å². The smallest absolute Gasteiger partial charge is 0.410 e. The van der Waals surface area contributed by atoms with Crippen LogP contribution in [0.1, 0.15) is 59.9 Å². The SMILES string of the molecule is CCC(=O)NC1CC(NC(=NC)N[C@H]2[C@H](C)C(C)Cc3cccc(S(C)(=O)=O)c3N2COCC[Si](C)(C)C)CN(C(=O)OC(C)(C)C)C1. The number of likely N-dealkylation sites (tertiary alicyclic amines) is 1. The number of piperidine rings is 1. The number of aliphatic imine (C=N–C) groups is 1. The highest BCUT2D eigenvalue weighted by molar-refractivity contribution is 7.90. The summed E-state index contributed by atoms with van der Waals surface area (Å²) >= 11 is 0. The van der Waals surface area contributed by atoms with E-state index in [-0.39, 0.29) is 47.6 Å². The maximum atomic E-state index is 13.2. The molecule has 48 heavy (non-hydrogen) atoms. The summed E-state index contributed by atoms with van der Waals surface area (Å²) in [5.41, 5.74) is 0.965. The van der Waals surface area contributed by atoms with Crippen LogP contribution in [0.2, 0.25) is 25.7 Å². The van der Waals surface area contributed by atoms with Crippen molar-refractivity contribution in [3.05, 3.63) is 23.8 Å². The summed E-state index contributed by atoms with van der Waals surface area (Å²) in [7, 11) is -3.22. The first-order valence-corrected chi connectivity index (χ1v) is 22.8. The molecule has 14 heteroatoms. The van der Waals surface area contributed by atoms with Gasteiger partial charge in [-0.05, 0) is 63.1 Å². The quantitative estimate of drug-likeness (QED) is 0.139. The second kappa shape index (κ2) is 16.2. The number of hydrogen-bond acceptors (Lipinski definition) is 8. The fourth-order valence-electron chi connectivity index (χ4n) is 6.14. The lowest BCUT2D eigenvalue weighted by Gasteiger charge is -2.41. The zero-order chi connectivity index (χ0) is 36.0. The summed E-state index contributed by atoms with van der Waals surface area (Å²) in [6.07, 6.45) is 2.07. The van der Waals surface area contributed by atoms with Crippen LogP contribution in [-0.2, 0) is 30.5 Å². The van der Waals surface area contributed by atoms with Crippen molar-refractivity contribution in [3.63, 3.8) is 0 Å². The lowest BCUT2D eigenvalue weighted by Crippen LogP contribution is -2.62. The number of anilines is 1. The molecule has 0 saturated carbocycles. The highest BCUT2D eigenvalue weighted by Gasteiger charge is 2.38. The fraction of sp³-hybridized carbons (Fsp3) is 0.735. The molecule has 2 aliphatic rings. The van der Waals surface area contributed by atoms with Gasteiger partial charge in [0.15, 0.2) is 15.8 Å². The van der Waals surface area contributed by atoms with E-state index < -0.39 is 29.6 Å². The zero-order valence-electron chi connectivity index (χ0n) is 31.0. The minimum atomic E-state index is -3.56. The van der Waals surface area contributed by atoms with Crippen molar-refractivity contribution in [1.29, 1.82) is 0 Å². The first-order valence-electron chi connectivity index (χ1n) is 17.2. The molecule has 0 radical (unpaired) electrons. The van der Waals surface area contributed by atoms with Crippen molar-refractivity contribution in [2.75, 3.05) is 44.6 Å². The average Bonchev–Trinajstić information content (AvgIpc) is 3.06. The van der Waals surface area contributed by atoms with E-state index in [1.54, 1.807) is 24.9 Å². The second-order valence-corrected chi connectivity index (χ2v) is 23.2. The van der Waals surface area contributed by atoms with E-state index >= 15 is 0 Å². The van der Waals surface area contributed by atoms with Gasteiger partial charge in [0.2, 0.25) is 5.91 Å². The number of carbonyl (C=O) groups excluding carboxylic acids is 2. The Morgan fingerprint density at radius 3 is 2.27 bits per heavy atom. The Kier molecular flexibility index (Phi) is 13.4. The van der Waals surface area contributed by atoms with Crippen LogP contribution in [0.15, 0.2) is 28.1 Å². The summed E-state index contributed by atoms with van der Waals surface area (Å²) in [5.74, 6) is 0.680. The van der Waals surface area contributed by atoms with Crippen LogP contribution in [0, 0.1) is 11.8 Å². The molecule has 12 nitrogen and oxygen atoms in total. The molecule has 3 unspecified atom stereocenters. The predicted molar refractivity (Wildman–Crippen MR) is 195 cm³/mol. The molecular formula is C34H60N6O6SSi. The minimum Gasteiger partial charge on any atom is -0.444 e. The highest BCUT2D eigenvalue weighted by atomic mass is 32.2. The topological polar surface area (TPSA) is 142 Å². The van der Waals surface area contributed by atoms with Crippen LogP contribution in [0.5, 0.6) is 0 Å². The Balaban J connectivity index is 1.96. The first-order chi connectivity index (χ1) is 22.2. The molecule has 1 aromatic rings. The van der Waals surface area contributed by atoms with Gasteiger partial charge in [-0.2, -0.15) is 0 Å². The van der Waals surface area contributed by atoms with E-state index in [1.165, 1.54) is 6.26 Å². The van der Waals surface area contributed by atoms with Gasteiger partial charge in [-0.3, -0.25) is 9.79 Å². The van der Waals surface area contributed by atoms with Gasteiger partial charge in [-0.25, -0.2) is 13.2 Å². The third kappa shape index (κ3) is 11.4. The lowest BCUT2D eigenvalue weighted by atomic mass is 9.89. The third-order valence-corrected chi connectivity index (χ3v) is 11.7. The van der Waals surface area contributed by atoms with Crippen LogP contribution in [0.3, 0.4) is 0 Å². The molecule has 2 aliphatic heterocycles. The number of guanidine groups is 1. The van der Waals surface area contributed by atoms with Gasteiger partial charge in [0.25, 0.3) is 0 Å². The largest absolute Gasteiger partial charge is 0.444 e. The van der Waals surface area contributed by atoms with Gasteiger partial charge in [0.1, 0.15) is 18.5 Å². The molecule has 3 N–H and O–H groups in total. The second-order valence-electron chi connectivity index (χ2n) is 15.6. The van der Waals surface area contributed by atoms with E-state index in [0.29, 0.717) is 50.6 Å². The third-order valence-electron chi connectivity index (χ3n) is 8.91. The summed E-state index contributed by atoms with van der Waals surface area (Å²) in [4.78, 5) is 34.1. The summed E-state index contributed by atoms with van der Waals surface area (Å²) in [6, 6.07) is 5.96. The lowest BCUT2D eigenvalue weighted by molar-refractivity contribution is -0.121. The van der Waals surface area contributed by atoms with Crippen molar-refractivity contribution in [2.45, 2.75) is 115 Å². The van der Waals surface area contributed by atoms with Gasteiger partial charge in [0, 0.05) is 59.6 Å². The van der Waals surface area contributed by atoms with Gasteiger partial charge in [-0.15, -0.1) is 0 Å². The number of nitrogens with zero attached hydrogens (tertiary/aromatic N) is 3. The van der Waals surface area contributed by atoms with Crippen LogP contribution in [0.25, 0.3) is 0 Å². The van der Waals surface area contributed by atoms with E-state index in [9.17, 15) is 18.0 Å². The van der Waals surface area contributed by atoms with Crippen molar-refractivity contribution >= 4 is 41.6 Å². The van der Waals surface area contributed by atoms with E-state index in [2.05, 4.69) is 59.3 Å². The number of sulfone groups is 1. The summed E-state index contributed by atoms with van der Waals surface area (Å²) in [6.45, 7) is 20.0. The summed E-state index contributed by atoms with van der Waals surface area (Å²) in [5, 5.41) is 10.2. The molecule has 5 atom stereocenters. The van der Waals surface area contributed by atoms with E-state index in [1.807, 2.05) is 32.9 Å². The molecule has 272 valence electrons. The minimum absolute atomic E-state index is 0.0603. The van der Waals surface area contributed by atoms with Crippen molar-refractivity contribution < 1.29 is 27.5 Å². The number of benzene rings is 1. The van der Waals surface area contributed by atoms with Crippen LogP contribution in [-0.4, -0.2) is 103 Å². The Labute approximate surface area is 289 Å². The number of nitrogens with one attached hydrogen (secondary N) is 3.